The molecule has 26 aromatic rings. The van der Waals surface area contributed by atoms with Gasteiger partial charge in [0.25, 0.3) is 0 Å². The van der Waals surface area contributed by atoms with Gasteiger partial charge in [-0.2, -0.15) is 0 Å². The van der Waals surface area contributed by atoms with E-state index in [1.165, 1.54) is 55.3 Å². The normalized spacial score (nSPS) is 11.8. The van der Waals surface area contributed by atoms with E-state index in [2.05, 4.69) is 384 Å². The maximum Gasteiger partial charge on any atom is 0.137 e. The highest BCUT2D eigenvalue weighted by molar-refractivity contribution is 6.32. The molecule has 12 heteroatoms. The molecule has 0 fully saturated rings. The first-order chi connectivity index (χ1) is 70.5. The lowest BCUT2D eigenvalue weighted by molar-refractivity contribution is 0.668. The molecule has 0 saturated heterocycles. The fourth-order valence-electron chi connectivity index (χ4n) is 20.6. The molecule has 8 nitrogen and oxygen atoms in total. The number of furan rings is 4. The van der Waals surface area contributed by atoms with Crippen LogP contribution in [0, 0.1) is 0 Å². The van der Waals surface area contributed by atoms with Crippen LogP contribution in [0.2, 0.25) is 20.1 Å². The summed E-state index contributed by atoms with van der Waals surface area (Å²) in [6, 6.07) is 180. The smallest absolute Gasteiger partial charge is 0.137 e. The summed E-state index contributed by atoms with van der Waals surface area (Å²) in [4.78, 5) is 8.99. The molecule has 1 aliphatic rings. The van der Waals surface area contributed by atoms with Gasteiger partial charge in [-0.1, -0.05) is 362 Å². The van der Waals surface area contributed by atoms with Crippen molar-refractivity contribution in [3.8, 4) is 33.4 Å². The van der Waals surface area contributed by atoms with Crippen LogP contribution in [0.4, 0.5) is 68.2 Å². The van der Waals surface area contributed by atoms with Crippen molar-refractivity contribution in [3.63, 3.8) is 0 Å². The van der Waals surface area contributed by atoms with Crippen LogP contribution in [0.25, 0.3) is 132 Å². The second-order valence-corrected chi connectivity index (χ2v) is 37.2. The van der Waals surface area contributed by atoms with Crippen LogP contribution in [0.15, 0.2) is 539 Å². The molecular weight excluding hydrogens is 1840 g/mol. The SMILES string of the molecule is Clc1cccc(N(c2ccc(-c3ccccc3)cc2)c2ccc3c(c2)oc2ccccc23)c1.Clc1cccc(N(c2ccc3c(c2)-c2ccccc2C3(c2ccccc2)c2ccccc2)c2ccc3oc4ccccc4c3c2)c1.Clc1cccc(N(c2ccc3c(c2)oc2ccccc23)c2ccccc2-c2ccccc2)c1.Clc1cccc(N(c2ccc3oc4ccccc4c3c2)c2cccc3ccccc23)c1. The van der Waals surface area contributed by atoms with Crippen molar-refractivity contribution < 1.29 is 17.7 Å². The van der Waals surface area contributed by atoms with E-state index < -0.39 is 5.41 Å². The first-order valence-corrected chi connectivity index (χ1v) is 49.1. The van der Waals surface area contributed by atoms with E-state index in [-0.39, 0.29) is 0 Å². The first-order valence-electron chi connectivity index (χ1n) is 47.5. The molecule has 0 spiro atoms. The van der Waals surface area contributed by atoms with Gasteiger partial charge in [0.15, 0.2) is 0 Å². The Kier molecular flexibility index (Phi) is 23.8. The topological polar surface area (TPSA) is 65.5 Å². The Morgan fingerprint density at radius 3 is 0.979 bits per heavy atom. The van der Waals surface area contributed by atoms with E-state index in [9.17, 15) is 0 Å². The maximum absolute atomic E-state index is 6.61. The molecule has 0 radical (unpaired) electrons. The summed E-state index contributed by atoms with van der Waals surface area (Å²) >= 11 is 25.8. The van der Waals surface area contributed by atoms with Gasteiger partial charge >= 0.3 is 0 Å². The standard InChI is InChI=1S/C43H28ClNO.2C30H20ClNO.C28H18ClNO/c44-31-16-11-17-32(26-31)45(34-23-25-42-38(28-34)36-19-8-10-21-41(36)46-42)33-22-24-40-37(27-33)35-18-7-9-20-39(35)43(40,29-12-3-1-4-13-29)30-14-5-2-6-15-30;31-22-11-8-12-23(19-22)32(28-15-6-4-13-25(28)21-9-2-1-3-10-21)24-17-18-27-26-14-5-7-16-29(26)33-30(27)20-24;31-23-9-6-10-25(19-23)32(24-15-13-22(14-16-24)21-7-2-1-3-8-21)26-17-18-28-27-11-4-5-12-29(27)33-30(28)20-26;29-20-9-6-10-21(17-20)30(26-13-5-8-19-7-1-2-11-23(19)26)22-15-16-28-25(18-22)24-12-3-4-14-27(24)31-28/h1-28H;2*1-20H;1-18H. The fourth-order valence-corrected chi connectivity index (χ4v) is 21.3. The van der Waals surface area contributed by atoms with Gasteiger partial charge in [-0.25, -0.2) is 0 Å². The quantitative estimate of drug-likeness (QED) is 0.0948. The van der Waals surface area contributed by atoms with Crippen LogP contribution in [0.3, 0.4) is 0 Å². The summed E-state index contributed by atoms with van der Waals surface area (Å²) in [6.07, 6.45) is 0. The van der Waals surface area contributed by atoms with Gasteiger partial charge in [-0.3, -0.25) is 0 Å². The number of nitrogens with zero attached hydrogens (tertiary/aromatic N) is 4. The third kappa shape index (κ3) is 16.9. The summed E-state index contributed by atoms with van der Waals surface area (Å²) < 4.78 is 24.6. The molecule has 0 unspecified atom stereocenters. The highest BCUT2D eigenvalue weighted by Crippen LogP contribution is 2.58. The fraction of sp³-hybridized carbons (Fsp3) is 0.00763. The molecule has 0 amide bonds. The Labute approximate surface area is 846 Å². The average Bonchev–Trinajstić information content (AvgIpc) is 1.54. The molecule has 0 N–H and O–H groups in total. The van der Waals surface area contributed by atoms with Gasteiger partial charge in [0.2, 0.25) is 0 Å². The minimum absolute atomic E-state index is 0.442. The van der Waals surface area contributed by atoms with Crippen LogP contribution >= 0.6 is 46.4 Å². The molecule has 4 heterocycles. The highest BCUT2D eigenvalue weighted by atomic mass is 35.5. The molecule has 1 aliphatic carbocycles. The molecule has 143 heavy (non-hydrogen) atoms. The van der Waals surface area contributed by atoms with Crippen LogP contribution in [-0.2, 0) is 5.41 Å². The first kappa shape index (κ1) is 88.4. The van der Waals surface area contributed by atoms with Gasteiger partial charge in [0.05, 0.1) is 16.8 Å². The summed E-state index contributed by atoms with van der Waals surface area (Å²) in [7, 11) is 0. The zero-order valence-corrected chi connectivity index (χ0v) is 80.1. The molecule has 27 rings (SSSR count). The molecule has 0 aliphatic heterocycles. The Morgan fingerprint density at radius 1 is 0.161 bits per heavy atom. The number of halogens is 4. The van der Waals surface area contributed by atoms with Crippen LogP contribution in [-0.4, -0.2) is 0 Å². The molecule has 22 aromatic carbocycles. The number of rotatable bonds is 16. The zero-order valence-electron chi connectivity index (χ0n) is 77.1. The Balaban J connectivity index is 0.000000104. The number of hydrogen-bond acceptors (Lipinski definition) is 8. The second-order valence-electron chi connectivity index (χ2n) is 35.4. The van der Waals surface area contributed by atoms with Gasteiger partial charge in [0.1, 0.15) is 44.7 Å². The second kappa shape index (κ2) is 38.5. The number of fused-ring (bicyclic) bond motifs is 16. The van der Waals surface area contributed by atoms with E-state index in [1.807, 2.05) is 158 Å². The zero-order chi connectivity index (χ0) is 95.9. The van der Waals surface area contributed by atoms with Crippen LogP contribution in [0.1, 0.15) is 22.3 Å². The summed E-state index contributed by atoms with van der Waals surface area (Å²) in [5.74, 6) is 0. The molecule has 0 saturated carbocycles. The van der Waals surface area contributed by atoms with Crippen molar-refractivity contribution in [2.24, 2.45) is 0 Å². The maximum atomic E-state index is 6.61. The van der Waals surface area contributed by atoms with Crippen molar-refractivity contribution in [2.75, 3.05) is 19.6 Å². The van der Waals surface area contributed by atoms with E-state index in [0.29, 0.717) is 20.1 Å². The third-order valence-corrected chi connectivity index (χ3v) is 27.9. The molecular formula is C131H86Cl4N4O4. The van der Waals surface area contributed by atoms with E-state index in [4.69, 9.17) is 64.1 Å². The summed E-state index contributed by atoms with van der Waals surface area (Å²) in [6.45, 7) is 0. The number of benzene rings is 22. The van der Waals surface area contributed by atoms with Crippen molar-refractivity contribution in [1.29, 1.82) is 0 Å². The Morgan fingerprint density at radius 2 is 0.469 bits per heavy atom. The molecule has 682 valence electrons. The monoisotopic (exact) mass is 1920 g/mol. The van der Waals surface area contributed by atoms with Crippen molar-refractivity contribution in [2.45, 2.75) is 5.41 Å². The number of anilines is 12. The van der Waals surface area contributed by atoms with Gasteiger partial charge in [-0.05, 0) is 250 Å². The summed E-state index contributed by atoms with van der Waals surface area (Å²) in [5, 5.41) is 14.0. The van der Waals surface area contributed by atoms with Crippen molar-refractivity contribution in [1.82, 2.24) is 0 Å². The minimum atomic E-state index is -0.442. The minimum Gasteiger partial charge on any atom is -0.456 e. The lowest BCUT2D eigenvalue weighted by atomic mass is 9.68. The number of para-hydroxylation sites is 5. The Bertz CT molecular complexity index is 9180. The lowest BCUT2D eigenvalue weighted by Gasteiger charge is -2.34. The third-order valence-electron chi connectivity index (χ3n) is 26.9. The molecule has 0 atom stereocenters. The van der Waals surface area contributed by atoms with Gasteiger partial charge in [-0.15, -0.1) is 0 Å². The largest absolute Gasteiger partial charge is 0.456 e. The number of hydrogen-bond donors (Lipinski definition) is 0. The van der Waals surface area contributed by atoms with Crippen molar-refractivity contribution >= 4 is 213 Å². The van der Waals surface area contributed by atoms with E-state index in [1.54, 1.807) is 0 Å². The lowest BCUT2D eigenvalue weighted by Crippen LogP contribution is -2.28. The predicted molar refractivity (Wildman–Crippen MR) is 599 cm³/mol. The van der Waals surface area contributed by atoms with Crippen LogP contribution < -0.4 is 19.6 Å². The molecule has 0 bridgehead atoms. The van der Waals surface area contributed by atoms with E-state index >= 15 is 0 Å². The predicted octanol–water partition coefficient (Wildman–Crippen LogP) is 39.7. The Hall–Kier alpha value is -17.3. The highest BCUT2D eigenvalue weighted by Gasteiger charge is 2.46. The van der Waals surface area contributed by atoms with Gasteiger partial charge < -0.3 is 37.3 Å². The van der Waals surface area contributed by atoms with Gasteiger partial charge in [0, 0.05) is 143 Å². The van der Waals surface area contributed by atoms with E-state index in [0.717, 1.165) is 167 Å². The molecule has 4 aromatic heterocycles. The van der Waals surface area contributed by atoms with Crippen molar-refractivity contribution in [3.05, 3.63) is 564 Å². The summed E-state index contributed by atoms with van der Waals surface area (Å²) in [5.41, 5.74) is 31.2. The average molecular weight is 1920 g/mol. The van der Waals surface area contributed by atoms with Crippen LogP contribution in [0.5, 0.6) is 0 Å².